The van der Waals surface area contributed by atoms with E-state index in [0.717, 1.165) is 30.4 Å². The molecule has 0 radical (unpaired) electrons. The van der Waals surface area contributed by atoms with E-state index in [1.165, 1.54) is 20.0 Å². The van der Waals surface area contributed by atoms with Crippen LogP contribution in [0.3, 0.4) is 0 Å². The van der Waals surface area contributed by atoms with E-state index in [-0.39, 0.29) is 35.4 Å². The number of benzene rings is 1. The molecule has 0 fully saturated rings. The zero-order valence-electron chi connectivity index (χ0n) is 18.9. The van der Waals surface area contributed by atoms with Gasteiger partial charge >= 0.3 is 0 Å². The minimum atomic E-state index is -3.51. The van der Waals surface area contributed by atoms with Crippen molar-refractivity contribution in [3.63, 3.8) is 0 Å². The lowest BCUT2D eigenvalue weighted by atomic mass is 10.0. The maximum absolute atomic E-state index is 12.2. The molecular formula is C21H39IN4O3S. The Morgan fingerprint density at radius 1 is 1.13 bits per heavy atom. The molecule has 1 rings (SSSR count). The number of hydrogen-bond acceptors (Lipinski definition) is 4. The van der Waals surface area contributed by atoms with Crippen LogP contribution in [0.4, 0.5) is 0 Å². The number of methoxy groups -OCH3 is 1. The minimum absolute atomic E-state index is 0. The molecule has 1 aromatic rings. The molecular weight excluding hydrogens is 515 g/mol. The first-order chi connectivity index (χ1) is 13.8. The molecule has 0 heterocycles. The SMILES string of the molecule is CCNC(=NCc1ccc(S(=O)(=O)NCCOC)cc1)NC(C)CCCC(C)C.I. The summed E-state index contributed by atoms with van der Waals surface area (Å²) in [6, 6.07) is 7.15. The Bertz CT molecular complexity index is 709. The number of sulfonamides is 1. The molecule has 0 aromatic heterocycles. The van der Waals surface area contributed by atoms with Crippen LogP contribution in [0.2, 0.25) is 0 Å². The first kappa shape index (κ1) is 29.1. The summed E-state index contributed by atoms with van der Waals surface area (Å²) in [6.45, 7) is 10.5. The van der Waals surface area contributed by atoms with Crippen molar-refractivity contribution in [2.45, 2.75) is 64.4 Å². The summed E-state index contributed by atoms with van der Waals surface area (Å²) in [5.41, 5.74) is 0.950. The monoisotopic (exact) mass is 554 g/mol. The highest BCUT2D eigenvalue weighted by molar-refractivity contribution is 14.0. The van der Waals surface area contributed by atoms with Gasteiger partial charge in [0.2, 0.25) is 10.0 Å². The third-order valence-electron chi connectivity index (χ3n) is 4.40. The molecule has 0 aliphatic heterocycles. The van der Waals surface area contributed by atoms with Crippen LogP contribution >= 0.6 is 24.0 Å². The van der Waals surface area contributed by atoms with Crippen molar-refractivity contribution < 1.29 is 13.2 Å². The van der Waals surface area contributed by atoms with Gasteiger partial charge in [0.25, 0.3) is 0 Å². The maximum Gasteiger partial charge on any atom is 0.240 e. The van der Waals surface area contributed by atoms with Crippen LogP contribution in [0.25, 0.3) is 0 Å². The van der Waals surface area contributed by atoms with Gasteiger partial charge in [-0.3, -0.25) is 0 Å². The molecule has 3 N–H and O–H groups in total. The Morgan fingerprint density at radius 3 is 2.37 bits per heavy atom. The van der Waals surface area contributed by atoms with Gasteiger partial charge in [-0.25, -0.2) is 18.1 Å². The topological polar surface area (TPSA) is 91.8 Å². The summed E-state index contributed by atoms with van der Waals surface area (Å²) in [4.78, 5) is 4.87. The number of ether oxygens (including phenoxy) is 1. The van der Waals surface area contributed by atoms with E-state index in [1.807, 2.05) is 6.92 Å². The van der Waals surface area contributed by atoms with Gasteiger partial charge in [0.05, 0.1) is 18.0 Å². The first-order valence-electron chi connectivity index (χ1n) is 10.4. The van der Waals surface area contributed by atoms with Gasteiger partial charge in [-0.05, 0) is 43.9 Å². The quantitative estimate of drug-likeness (QED) is 0.150. The molecule has 9 heteroatoms. The van der Waals surface area contributed by atoms with Crippen molar-refractivity contribution >= 4 is 40.0 Å². The lowest BCUT2D eigenvalue weighted by Gasteiger charge is -2.18. The number of nitrogens with one attached hydrogen (secondary N) is 3. The van der Waals surface area contributed by atoms with Gasteiger partial charge in [-0.15, -0.1) is 24.0 Å². The van der Waals surface area contributed by atoms with Crippen molar-refractivity contribution in [1.82, 2.24) is 15.4 Å². The van der Waals surface area contributed by atoms with Gasteiger partial charge in [-0.1, -0.05) is 38.8 Å². The number of guanidine groups is 1. The lowest BCUT2D eigenvalue weighted by Crippen LogP contribution is -2.42. The van der Waals surface area contributed by atoms with Crippen LogP contribution in [0.5, 0.6) is 0 Å². The second kappa shape index (κ2) is 15.8. The highest BCUT2D eigenvalue weighted by Crippen LogP contribution is 2.11. The van der Waals surface area contributed by atoms with Crippen LogP contribution in [0.1, 0.15) is 52.5 Å². The minimum Gasteiger partial charge on any atom is -0.383 e. The Hall–Kier alpha value is -0.910. The average molecular weight is 555 g/mol. The highest BCUT2D eigenvalue weighted by Gasteiger charge is 2.13. The summed E-state index contributed by atoms with van der Waals surface area (Å²) in [6.07, 6.45) is 3.53. The highest BCUT2D eigenvalue weighted by atomic mass is 127. The summed E-state index contributed by atoms with van der Waals surface area (Å²) in [5.74, 6) is 1.51. The van der Waals surface area contributed by atoms with Crippen molar-refractivity contribution in [3.05, 3.63) is 29.8 Å². The normalized spacial score (nSPS) is 13.1. The van der Waals surface area contributed by atoms with Gasteiger partial charge < -0.3 is 15.4 Å². The number of aliphatic imine (C=N–C) groups is 1. The van der Waals surface area contributed by atoms with Crippen LogP contribution in [0, 0.1) is 5.92 Å². The molecule has 0 spiro atoms. The number of hydrogen-bond donors (Lipinski definition) is 3. The molecule has 30 heavy (non-hydrogen) atoms. The lowest BCUT2D eigenvalue weighted by molar-refractivity contribution is 0.204. The van der Waals surface area contributed by atoms with Gasteiger partial charge in [0, 0.05) is 26.2 Å². The van der Waals surface area contributed by atoms with Crippen LogP contribution in [0.15, 0.2) is 34.2 Å². The zero-order chi connectivity index (χ0) is 21.7. The number of nitrogens with zero attached hydrogens (tertiary/aromatic N) is 1. The summed E-state index contributed by atoms with van der Waals surface area (Å²) < 4.78 is 31.8. The third-order valence-corrected chi connectivity index (χ3v) is 5.87. The summed E-state index contributed by atoms with van der Waals surface area (Å²) >= 11 is 0. The molecule has 0 bridgehead atoms. The van der Waals surface area contributed by atoms with Crippen molar-refractivity contribution in [3.8, 4) is 0 Å². The predicted octanol–water partition coefficient (Wildman–Crippen LogP) is 3.50. The second-order valence-corrected chi connectivity index (χ2v) is 9.37. The van der Waals surface area contributed by atoms with E-state index >= 15 is 0 Å². The summed E-state index contributed by atoms with van der Waals surface area (Å²) in [7, 11) is -1.98. The van der Waals surface area contributed by atoms with Gasteiger partial charge in [0.15, 0.2) is 5.96 Å². The number of rotatable bonds is 13. The van der Waals surface area contributed by atoms with Crippen molar-refractivity contribution in [2.75, 3.05) is 26.8 Å². The molecule has 1 unspecified atom stereocenters. The van der Waals surface area contributed by atoms with E-state index in [4.69, 9.17) is 4.74 Å². The molecule has 0 amide bonds. The van der Waals surface area contributed by atoms with Gasteiger partial charge in [0.1, 0.15) is 0 Å². The molecule has 7 nitrogen and oxygen atoms in total. The predicted molar refractivity (Wildman–Crippen MR) is 135 cm³/mol. The van der Waals surface area contributed by atoms with E-state index in [9.17, 15) is 8.42 Å². The van der Waals surface area contributed by atoms with E-state index in [2.05, 4.69) is 41.1 Å². The fourth-order valence-corrected chi connectivity index (χ4v) is 3.78. The standard InChI is InChI=1S/C21H38N4O3S.HI/c1-6-22-21(25-18(4)9-7-8-17(2)3)23-16-19-10-12-20(13-11-19)29(26,27)24-14-15-28-5;/h10-13,17-18,24H,6-9,14-16H2,1-5H3,(H2,22,23,25);1H. The fourth-order valence-electron chi connectivity index (χ4n) is 2.76. The third kappa shape index (κ3) is 12.1. The molecule has 174 valence electrons. The Labute approximate surface area is 199 Å². The van der Waals surface area contributed by atoms with Crippen molar-refractivity contribution in [1.29, 1.82) is 0 Å². The van der Waals surface area contributed by atoms with Gasteiger partial charge in [-0.2, -0.15) is 0 Å². The smallest absolute Gasteiger partial charge is 0.240 e. The molecule has 0 saturated carbocycles. The van der Waals surface area contributed by atoms with E-state index in [0.29, 0.717) is 19.2 Å². The van der Waals surface area contributed by atoms with E-state index in [1.54, 1.807) is 24.3 Å². The Balaban J connectivity index is 0.00000841. The maximum atomic E-state index is 12.2. The van der Waals surface area contributed by atoms with E-state index < -0.39 is 10.0 Å². The largest absolute Gasteiger partial charge is 0.383 e. The van der Waals surface area contributed by atoms with Crippen molar-refractivity contribution in [2.24, 2.45) is 10.9 Å². The molecule has 0 saturated heterocycles. The zero-order valence-corrected chi connectivity index (χ0v) is 22.0. The summed E-state index contributed by atoms with van der Waals surface area (Å²) in [5, 5.41) is 6.72. The molecule has 0 aliphatic carbocycles. The molecule has 1 atom stereocenters. The first-order valence-corrected chi connectivity index (χ1v) is 11.9. The average Bonchev–Trinajstić information content (AvgIpc) is 2.66. The van der Waals surface area contributed by atoms with Crippen LogP contribution in [-0.2, 0) is 21.3 Å². The van der Waals surface area contributed by atoms with Crippen LogP contribution in [-0.4, -0.2) is 47.2 Å². The molecule has 1 aromatic carbocycles. The Kier molecular flexibility index (Phi) is 15.3. The number of halogens is 1. The second-order valence-electron chi connectivity index (χ2n) is 7.60. The Morgan fingerprint density at radius 2 is 1.80 bits per heavy atom. The molecule has 0 aliphatic rings. The van der Waals surface area contributed by atoms with Crippen LogP contribution < -0.4 is 15.4 Å². The fraction of sp³-hybridized carbons (Fsp3) is 0.667.